The van der Waals surface area contributed by atoms with Gasteiger partial charge in [-0.2, -0.15) is 0 Å². The van der Waals surface area contributed by atoms with E-state index >= 15 is 0 Å². The van der Waals surface area contributed by atoms with E-state index in [9.17, 15) is 9.90 Å². The molecule has 0 saturated heterocycles. The van der Waals surface area contributed by atoms with Crippen LogP contribution in [0.4, 0.5) is 0 Å². The van der Waals surface area contributed by atoms with Gasteiger partial charge in [-0.1, -0.05) is 39.8 Å². The maximum absolute atomic E-state index is 11.8. The summed E-state index contributed by atoms with van der Waals surface area (Å²) in [6.45, 7) is 9.49. The number of para-hydroxylation sites is 2. The van der Waals surface area contributed by atoms with Crippen LogP contribution in [0.5, 0.6) is 11.5 Å². The van der Waals surface area contributed by atoms with Gasteiger partial charge in [0.2, 0.25) is 0 Å². The first-order valence-corrected chi connectivity index (χ1v) is 6.94. The predicted octanol–water partition coefficient (Wildman–Crippen LogP) is 2.57. The van der Waals surface area contributed by atoms with Crippen LogP contribution in [-0.4, -0.2) is 24.2 Å². The van der Waals surface area contributed by atoms with E-state index in [-0.39, 0.29) is 29.1 Å². The third-order valence-electron chi connectivity index (χ3n) is 5.05. The number of hydrogen-bond donors (Lipinski definition) is 2. The van der Waals surface area contributed by atoms with Gasteiger partial charge in [0.1, 0.15) is 0 Å². The Morgan fingerprint density at radius 3 is 2.40 bits per heavy atom. The van der Waals surface area contributed by atoms with Crippen LogP contribution in [0.25, 0.3) is 0 Å². The first kappa shape index (κ1) is 14.7. The van der Waals surface area contributed by atoms with E-state index in [1.165, 1.54) is 6.07 Å². The second-order valence-electron chi connectivity index (χ2n) is 6.56. The summed E-state index contributed by atoms with van der Waals surface area (Å²) in [4.78, 5) is 11.8. The number of hydrogen-bond acceptors (Lipinski definition) is 3. The Morgan fingerprint density at radius 2 is 1.85 bits per heavy atom. The molecule has 0 aromatic heterocycles. The number of nitrogens with one attached hydrogen (secondary N) is 1. The first-order chi connectivity index (χ1) is 9.26. The van der Waals surface area contributed by atoms with Crippen molar-refractivity contribution in [2.75, 3.05) is 13.2 Å². The van der Waals surface area contributed by atoms with Crippen LogP contribution in [0, 0.1) is 16.7 Å². The molecule has 1 aliphatic carbocycles. The molecular weight excluding hydrogens is 254 g/mol. The molecule has 0 spiro atoms. The van der Waals surface area contributed by atoms with Crippen LogP contribution >= 0.6 is 0 Å². The van der Waals surface area contributed by atoms with E-state index in [4.69, 9.17) is 4.74 Å². The smallest absolute Gasteiger partial charge is 0.257 e. The Hall–Kier alpha value is -1.71. The van der Waals surface area contributed by atoms with Crippen molar-refractivity contribution < 1.29 is 14.6 Å². The van der Waals surface area contributed by atoms with Gasteiger partial charge in [0.15, 0.2) is 18.1 Å². The molecule has 2 N–H and O–H groups in total. The Balaban J connectivity index is 1.76. The van der Waals surface area contributed by atoms with Crippen molar-refractivity contribution in [3.8, 4) is 11.5 Å². The lowest BCUT2D eigenvalue weighted by atomic mass is 10.0. The van der Waals surface area contributed by atoms with Crippen molar-refractivity contribution in [1.29, 1.82) is 0 Å². The maximum atomic E-state index is 11.8. The van der Waals surface area contributed by atoms with Gasteiger partial charge in [0, 0.05) is 6.54 Å². The Labute approximate surface area is 120 Å². The zero-order valence-corrected chi connectivity index (χ0v) is 12.6. The summed E-state index contributed by atoms with van der Waals surface area (Å²) >= 11 is 0. The molecule has 1 aliphatic rings. The summed E-state index contributed by atoms with van der Waals surface area (Å²) in [6.07, 6.45) is 0. The Morgan fingerprint density at radius 1 is 1.25 bits per heavy atom. The van der Waals surface area contributed by atoms with E-state index in [1.807, 2.05) is 0 Å². The monoisotopic (exact) mass is 277 g/mol. The number of carbonyl (C=O) groups is 1. The van der Waals surface area contributed by atoms with Crippen LogP contribution in [0.2, 0.25) is 0 Å². The predicted molar refractivity (Wildman–Crippen MR) is 77.7 cm³/mol. The number of benzene rings is 1. The molecule has 2 rings (SSSR count). The molecule has 20 heavy (non-hydrogen) atoms. The quantitative estimate of drug-likeness (QED) is 0.869. The second kappa shape index (κ2) is 5.00. The number of carbonyl (C=O) groups excluding carboxylic acids is 1. The maximum Gasteiger partial charge on any atom is 0.257 e. The van der Waals surface area contributed by atoms with E-state index in [1.54, 1.807) is 18.2 Å². The fraction of sp³-hybridized carbons (Fsp3) is 0.562. The molecule has 0 aliphatic heterocycles. The molecule has 1 amide bonds. The lowest BCUT2D eigenvalue weighted by molar-refractivity contribution is -0.123. The lowest BCUT2D eigenvalue weighted by Crippen LogP contribution is -2.31. The summed E-state index contributed by atoms with van der Waals surface area (Å²) in [5.41, 5.74) is 0.525. The minimum Gasteiger partial charge on any atom is -0.504 e. The second-order valence-corrected chi connectivity index (χ2v) is 6.56. The molecule has 4 heteroatoms. The van der Waals surface area contributed by atoms with Crippen molar-refractivity contribution in [3.63, 3.8) is 0 Å². The molecule has 1 aromatic rings. The highest BCUT2D eigenvalue weighted by molar-refractivity contribution is 5.77. The number of phenols is 1. The standard InChI is InChI=1S/C16H23NO3/c1-15(2)13(16(15,3)4)9-17-14(19)10-20-12-8-6-5-7-11(12)18/h5-8,13,18H,9-10H2,1-4H3,(H,17,19). The first-order valence-electron chi connectivity index (χ1n) is 6.94. The number of aromatic hydroxyl groups is 1. The van der Waals surface area contributed by atoms with E-state index in [0.29, 0.717) is 18.2 Å². The fourth-order valence-electron chi connectivity index (χ4n) is 2.83. The van der Waals surface area contributed by atoms with Crippen molar-refractivity contribution in [1.82, 2.24) is 5.32 Å². The molecule has 0 unspecified atom stereocenters. The highest BCUT2D eigenvalue weighted by atomic mass is 16.5. The number of amides is 1. The van der Waals surface area contributed by atoms with Crippen molar-refractivity contribution in [2.24, 2.45) is 16.7 Å². The topological polar surface area (TPSA) is 58.6 Å². The Bertz CT molecular complexity index is 494. The van der Waals surface area contributed by atoms with Crippen LogP contribution in [-0.2, 0) is 4.79 Å². The van der Waals surface area contributed by atoms with E-state index in [2.05, 4.69) is 33.0 Å². The minimum atomic E-state index is -0.160. The summed E-state index contributed by atoms with van der Waals surface area (Å²) in [5.74, 6) is 0.704. The average Bonchev–Trinajstić information content (AvgIpc) is 2.76. The molecule has 4 nitrogen and oxygen atoms in total. The molecule has 0 atom stereocenters. The lowest BCUT2D eigenvalue weighted by Gasteiger charge is -2.09. The van der Waals surface area contributed by atoms with Gasteiger partial charge < -0.3 is 15.2 Å². The number of ether oxygens (including phenoxy) is 1. The zero-order valence-electron chi connectivity index (χ0n) is 12.6. The zero-order chi connectivity index (χ0) is 15.0. The molecule has 1 fully saturated rings. The third kappa shape index (κ3) is 2.60. The van der Waals surface area contributed by atoms with Gasteiger partial charge >= 0.3 is 0 Å². The highest BCUT2D eigenvalue weighted by Crippen LogP contribution is 2.67. The van der Waals surface area contributed by atoms with Gasteiger partial charge in [0.25, 0.3) is 5.91 Å². The fourth-order valence-corrected chi connectivity index (χ4v) is 2.83. The van der Waals surface area contributed by atoms with Crippen molar-refractivity contribution in [3.05, 3.63) is 24.3 Å². The highest BCUT2D eigenvalue weighted by Gasteiger charge is 2.64. The average molecular weight is 277 g/mol. The minimum absolute atomic E-state index is 0.0461. The van der Waals surface area contributed by atoms with E-state index < -0.39 is 0 Å². The molecule has 0 bridgehead atoms. The summed E-state index contributed by atoms with van der Waals surface area (Å²) in [5, 5.41) is 12.4. The molecular formula is C16H23NO3. The SMILES string of the molecule is CC1(C)C(CNC(=O)COc2ccccc2O)C1(C)C. The van der Waals surface area contributed by atoms with Gasteiger partial charge in [0.05, 0.1) is 0 Å². The van der Waals surface area contributed by atoms with Gasteiger partial charge in [-0.15, -0.1) is 0 Å². The van der Waals surface area contributed by atoms with Crippen LogP contribution in [0.15, 0.2) is 24.3 Å². The van der Waals surface area contributed by atoms with Crippen LogP contribution in [0.3, 0.4) is 0 Å². The molecule has 0 radical (unpaired) electrons. The normalized spacial score (nSPS) is 19.4. The molecule has 0 heterocycles. The van der Waals surface area contributed by atoms with Gasteiger partial charge in [-0.3, -0.25) is 4.79 Å². The third-order valence-corrected chi connectivity index (χ3v) is 5.05. The Kier molecular flexibility index (Phi) is 3.67. The molecule has 110 valence electrons. The summed E-state index contributed by atoms with van der Waals surface area (Å²) < 4.78 is 5.29. The molecule has 1 aromatic carbocycles. The van der Waals surface area contributed by atoms with Gasteiger partial charge in [-0.25, -0.2) is 0 Å². The summed E-state index contributed by atoms with van der Waals surface area (Å²) in [6, 6.07) is 6.62. The van der Waals surface area contributed by atoms with Crippen LogP contribution < -0.4 is 10.1 Å². The van der Waals surface area contributed by atoms with E-state index in [0.717, 1.165) is 0 Å². The number of rotatable bonds is 5. The van der Waals surface area contributed by atoms with Gasteiger partial charge in [-0.05, 0) is 28.9 Å². The van der Waals surface area contributed by atoms with Crippen molar-refractivity contribution in [2.45, 2.75) is 27.7 Å². The molecule has 1 saturated carbocycles. The largest absolute Gasteiger partial charge is 0.504 e. The van der Waals surface area contributed by atoms with Crippen molar-refractivity contribution >= 4 is 5.91 Å². The number of phenolic OH excluding ortho intramolecular Hbond substituents is 1. The van der Waals surface area contributed by atoms with Crippen LogP contribution in [0.1, 0.15) is 27.7 Å². The summed E-state index contributed by atoms with van der Waals surface area (Å²) in [7, 11) is 0.